The quantitative estimate of drug-likeness (QED) is 0.665. The molecule has 0 spiro atoms. The van der Waals surface area contributed by atoms with E-state index in [1.807, 2.05) is 0 Å². The standard InChI is InChI=1S/C18H20Cl2N4O2S/c19-13-4-1-5-14(20)16(13)21-15(25)10-27-18-23-22-17(11-6-7-11)24(18)9-12-3-2-8-26-12/h1,4-5,11-12H,2-3,6-10H2,(H,21,25). The molecule has 1 aromatic heterocycles. The topological polar surface area (TPSA) is 69.0 Å². The molecule has 1 atom stereocenters. The summed E-state index contributed by atoms with van der Waals surface area (Å²) >= 11 is 13.6. The number of nitrogens with one attached hydrogen (secondary N) is 1. The van der Waals surface area contributed by atoms with E-state index in [4.69, 9.17) is 27.9 Å². The highest BCUT2D eigenvalue weighted by molar-refractivity contribution is 7.99. The molecule has 4 rings (SSSR count). The SMILES string of the molecule is O=C(CSc1nnc(C2CC2)n1CC1CCCO1)Nc1c(Cl)cccc1Cl. The number of hydrogen-bond donors (Lipinski definition) is 1. The summed E-state index contributed by atoms with van der Waals surface area (Å²) in [6.45, 7) is 1.56. The largest absolute Gasteiger partial charge is 0.376 e. The third-order valence-corrected chi connectivity index (χ3v) is 6.25. The predicted octanol–water partition coefficient (Wildman–Crippen LogP) is 4.37. The van der Waals surface area contributed by atoms with Gasteiger partial charge >= 0.3 is 0 Å². The minimum absolute atomic E-state index is 0.186. The summed E-state index contributed by atoms with van der Waals surface area (Å²) in [4.78, 5) is 12.4. The zero-order chi connectivity index (χ0) is 18.8. The second kappa shape index (κ2) is 8.39. The Morgan fingerprint density at radius 2 is 2.04 bits per heavy atom. The Hall–Kier alpha value is -1.28. The lowest BCUT2D eigenvalue weighted by Crippen LogP contribution is -2.19. The average Bonchev–Trinajstić information content (AvgIpc) is 3.21. The molecule has 2 heterocycles. The van der Waals surface area contributed by atoms with Crippen molar-refractivity contribution >= 4 is 46.6 Å². The van der Waals surface area contributed by atoms with Gasteiger partial charge in [0.2, 0.25) is 5.91 Å². The van der Waals surface area contributed by atoms with Crippen LogP contribution in [0.1, 0.15) is 37.4 Å². The summed E-state index contributed by atoms with van der Waals surface area (Å²) in [5, 5.41) is 13.1. The van der Waals surface area contributed by atoms with Gasteiger partial charge in [-0.2, -0.15) is 0 Å². The molecular formula is C18H20Cl2N4O2S. The summed E-state index contributed by atoms with van der Waals surface area (Å²) in [5.74, 6) is 1.52. The van der Waals surface area contributed by atoms with Crippen LogP contribution in [0.3, 0.4) is 0 Å². The first-order chi connectivity index (χ1) is 13.1. The van der Waals surface area contributed by atoms with E-state index in [0.717, 1.165) is 49.8 Å². The second-order valence-corrected chi connectivity index (χ2v) is 8.55. The molecule has 2 fully saturated rings. The van der Waals surface area contributed by atoms with Crippen LogP contribution in [0.2, 0.25) is 10.0 Å². The van der Waals surface area contributed by atoms with E-state index >= 15 is 0 Å². The lowest BCUT2D eigenvalue weighted by molar-refractivity contribution is -0.113. The van der Waals surface area contributed by atoms with Gasteiger partial charge in [0.15, 0.2) is 5.16 Å². The number of thioether (sulfide) groups is 1. The van der Waals surface area contributed by atoms with Crippen LogP contribution in [0.15, 0.2) is 23.4 Å². The zero-order valence-corrected chi connectivity index (χ0v) is 17.0. The van der Waals surface area contributed by atoms with Gasteiger partial charge in [0, 0.05) is 12.5 Å². The molecular weight excluding hydrogens is 407 g/mol. The van der Waals surface area contributed by atoms with Gasteiger partial charge in [0.05, 0.1) is 34.1 Å². The van der Waals surface area contributed by atoms with Crippen molar-refractivity contribution in [2.24, 2.45) is 0 Å². The molecule has 2 aromatic rings. The van der Waals surface area contributed by atoms with Crippen molar-refractivity contribution in [2.45, 2.75) is 49.4 Å². The van der Waals surface area contributed by atoms with E-state index in [1.54, 1.807) is 18.2 Å². The normalized spacial score (nSPS) is 19.4. The van der Waals surface area contributed by atoms with Gasteiger partial charge in [0.25, 0.3) is 0 Å². The number of ether oxygens (including phenoxy) is 1. The molecule has 2 aliphatic rings. The maximum Gasteiger partial charge on any atom is 0.234 e. The summed E-state index contributed by atoms with van der Waals surface area (Å²) < 4.78 is 7.91. The maximum atomic E-state index is 12.4. The van der Waals surface area contributed by atoms with Crippen molar-refractivity contribution < 1.29 is 9.53 Å². The number of carbonyl (C=O) groups is 1. The number of rotatable bonds is 7. The Kier molecular flexibility index (Phi) is 5.92. The summed E-state index contributed by atoms with van der Waals surface area (Å²) in [6, 6.07) is 5.12. The average molecular weight is 427 g/mol. The first-order valence-electron chi connectivity index (χ1n) is 9.03. The summed E-state index contributed by atoms with van der Waals surface area (Å²) in [7, 11) is 0. The van der Waals surface area contributed by atoms with Crippen molar-refractivity contribution in [3.63, 3.8) is 0 Å². The number of hydrogen-bond acceptors (Lipinski definition) is 5. The fourth-order valence-electron chi connectivity index (χ4n) is 3.14. The number of carbonyl (C=O) groups excluding carboxylic acids is 1. The first-order valence-corrected chi connectivity index (χ1v) is 10.8. The Labute approximate surface area is 172 Å². The number of halogens is 2. The van der Waals surface area contributed by atoms with Crippen LogP contribution < -0.4 is 5.32 Å². The molecule has 1 aliphatic carbocycles. The summed E-state index contributed by atoms with van der Waals surface area (Å²) in [5.41, 5.74) is 0.436. The van der Waals surface area contributed by atoms with E-state index in [2.05, 4.69) is 20.1 Å². The molecule has 1 saturated heterocycles. The van der Waals surface area contributed by atoms with Crippen LogP contribution in [-0.4, -0.2) is 39.1 Å². The molecule has 1 amide bonds. The monoisotopic (exact) mass is 426 g/mol. The molecule has 144 valence electrons. The highest BCUT2D eigenvalue weighted by Crippen LogP contribution is 2.40. The first kappa shape index (κ1) is 19.1. The van der Waals surface area contributed by atoms with Gasteiger partial charge < -0.3 is 14.6 Å². The highest BCUT2D eigenvalue weighted by atomic mass is 35.5. The van der Waals surface area contributed by atoms with E-state index in [-0.39, 0.29) is 17.8 Å². The molecule has 0 bridgehead atoms. The van der Waals surface area contributed by atoms with Crippen molar-refractivity contribution in [2.75, 3.05) is 17.7 Å². The minimum Gasteiger partial charge on any atom is -0.376 e. The number of aromatic nitrogens is 3. The fourth-order valence-corrected chi connectivity index (χ4v) is 4.38. The molecule has 1 aromatic carbocycles. The van der Waals surface area contributed by atoms with Gasteiger partial charge in [-0.1, -0.05) is 41.0 Å². The summed E-state index contributed by atoms with van der Waals surface area (Å²) in [6.07, 6.45) is 4.65. The van der Waals surface area contributed by atoms with E-state index in [9.17, 15) is 4.79 Å². The van der Waals surface area contributed by atoms with Crippen LogP contribution in [-0.2, 0) is 16.1 Å². The van der Waals surface area contributed by atoms with Crippen LogP contribution in [0.25, 0.3) is 0 Å². The smallest absolute Gasteiger partial charge is 0.234 e. The molecule has 1 N–H and O–H groups in total. The van der Waals surface area contributed by atoms with Crippen molar-refractivity contribution in [1.29, 1.82) is 0 Å². The minimum atomic E-state index is -0.186. The van der Waals surface area contributed by atoms with E-state index in [0.29, 0.717) is 21.7 Å². The number of benzene rings is 1. The zero-order valence-electron chi connectivity index (χ0n) is 14.7. The van der Waals surface area contributed by atoms with Gasteiger partial charge in [-0.3, -0.25) is 4.79 Å². The van der Waals surface area contributed by atoms with Gasteiger partial charge in [0.1, 0.15) is 5.82 Å². The Morgan fingerprint density at radius 1 is 1.26 bits per heavy atom. The van der Waals surface area contributed by atoms with Crippen molar-refractivity contribution in [1.82, 2.24) is 14.8 Å². The molecule has 6 nitrogen and oxygen atoms in total. The van der Waals surface area contributed by atoms with Gasteiger partial charge in [-0.25, -0.2) is 0 Å². The number of nitrogens with zero attached hydrogens (tertiary/aromatic N) is 3. The molecule has 1 saturated carbocycles. The predicted molar refractivity (Wildman–Crippen MR) is 107 cm³/mol. The fraction of sp³-hybridized carbons (Fsp3) is 0.500. The van der Waals surface area contributed by atoms with Crippen molar-refractivity contribution in [3.05, 3.63) is 34.1 Å². The maximum absolute atomic E-state index is 12.4. The Balaban J connectivity index is 1.42. The Morgan fingerprint density at radius 3 is 2.70 bits per heavy atom. The number of para-hydroxylation sites is 1. The van der Waals surface area contributed by atoms with E-state index in [1.165, 1.54) is 11.8 Å². The number of amides is 1. The van der Waals surface area contributed by atoms with Gasteiger partial charge in [-0.15, -0.1) is 10.2 Å². The van der Waals surface area contributed by atoms with Crippen LogP contribution in [0, 0.1) is 0 Å². The van der Waals surface area contributed by atoms with Crippen LogP contribution in [0.5, 0.6) is 0 Å². The molecule has 1 unspecified atom stereocenters. The molecule has 27 heavy (non-hydrogen) atoms. The van der Waals surface area contributed by atoms with Crippen LogP contribution >= 0.6 is 35.0 Å². The van der Waals surface area contributed by atoms with Gasteiger partial charge in [-0.05, 0) is 37.8 Å². The Bertz CT molecular complexity index is 815. The van der Waals surface area contributed by atoms with Crippen LogP contribution in [0.4, 0.5) is 5.69 Å². The van der Waals surface area contributed by atoms with Crippen molar-refractivity contribution in [3.8, 4) is 0 Å². The highest BCUT2D eigenvalue weighted by Gasteiger charge is 2.32. The molecule has 1 aliphatic heterocycles. The van der Waals surface area contributed by atoms with E-state index < -0.39 is 0 Å². The third-order valence-electron chi connectivity index (χ3n) is 4.66. The number of anilines is 1. The second-order valence-electron chi connectivity index (χ2n) is 6.79. The third kappa shape index (κ3) is 4.59. The lowest BCUT2D eigenvalue weighted by atomic mass is 10.2. The lowest BCUT2D eigenvalue weighted by Gasteiger charge is -2.14. The molecule has 9 heteroatoms. The molecule has 0 radical (unpaired) electrons.